The summed E-state index contributed by atoms with van der Waals surface area (Å²) in [5.41, 5.74) is -3.57. The normalized spacial score (nSPS) is 10.9. The smallest absolute Gasteiger partial charge is 0.333 e. The molecule has 0 heterocycles. The highest BCUT2D eigenvalue weighted by molar-refractivity contribution is 5.88. The van der Waals surface area contributed by atoms with Crippen molar-refractivity contribution in [1.29, 1.82) is 0 Å². The van der Waals surface area contributed by atoms with Crippen LogP contribution in [0.5, 0.6) is 0 Å². The summed E-state index contributed by atoms with van der Waals surface area (Å²) in [5.74, 6) is -9.70. The van der Waals surface area contributed by atoms with E-state index < -0.39 is 156 Å². The second kappa shape index (κ2) is 23.8. The molecule has 0 atom stereocenters. The molecule has 0 aromatic rings. The first kappa shape index (κ1) is 47.4. The highest BCUT2D eigenvalue weighted by atomic mass is 16.6. The van der Waals surface area contributed by atoms with Crippen LogP contribution in [0.3, 0.4) is 0 Å². The van der Waals surface area contributed by atoms with Crippen LogP contribution in [0.25, 0.3) is 0 Å². The summed E-state index contributed by atoms with van der Waals surface area (Å²) < 4.78 is 37.6. The van der Waals surface area contributed by atoms with Gasteiger partial charge in [0.15, 0.2) is 0 Å². The maximum absolute atomic E-state index is 12.4. The topological polar surface area (TPSA) is 279 Å². The van der Waals surface area contributed by atoms with E-state index in [0.717, 1.165) is 0 Å². The van der Waals surface area contributed by atoms with E-state index in [4.69, 9.17) is 48.5 Å². The lowest BCUT2D eigenvalue weighted by atomic mass is 9.90. The van der Waals surface area contributed by atoms with Gasteiger partial charge < -0.3 is 48.5 Å². The van der Waals surface area contributed by atoms with Crippen LogP contribution in [0, 0.1) is 10.8 Å². The summed E-state index contributed by atoms with van der Waals surface area (Å²) >= 11 is 0. The minimum atomic E-state index is -1.83. The predicted molar refractivity (Wildman–Crippen MR) is 176 cm³/mol. The number of carboxylic acids is 3. The van der Waals surface area contributed by atoms with E-state index in [9.17, 15) is 43.2 Å². The van der Waals surface area contributed by atoms with Gasteiger partial charge in [0.25, 0.3) is 0 Å². The van der Waals surface area contributed by atoms with Gasteiger partial charge in [-0.3, -0.25) is 28.8 Å². The van der Waals surface area contributed by atoms with Crippen molar-refractivity contribution in [2.75, 3.05) is 52.9 Å². The van der Waals surface area contributed by atoms with E-state index in [1.165, 1.54) is 20.8 Å². The van der Waals surface area contributed by atoms with Gasteiger partial charge in [-0.15, -0.1) is 0 Å². The van der Waals surface area contributed by atoms with Crippen molar-refractivity contribution in [3.05, 3.63) is 36.5 Å². The van der Waals surface area contributed by atoms with Crippen LogP contribution in [-0.2, 0) is 76.3 Å². The third-order valence-electron chi connectivity index (χ3n) is 6.64. The quantitative estimate of drug-likeness (QED) is 0.0580. The molecule has 0 aliphatic heterocycles. The second-order valence-electron chi connectivity index (χ2n) is 12.2. The molecule has 0 radical (unpaired) electrons. The van der Waals surface area contributed by atoms with Crippen molar-refractivity contribution in [3.8, 4) is 0 Å². The Balaban J connectivity index is 6.81. The molecule has 0 bridgehead atoms. The zero-order valence-electron chi connectivity index (χ0n) is 29.9. The summed E-state index contributed by atoms with van der Waals surface area (Å²) in [7, 11) is 0. The Morgan fingerprint density at radius 2 is 0.623 bits per heavy atom. The van der Waals surface area contributed by atoms with Crippen molar-refractivity contribution >= 4 is 53.7 Å². The molecule has 0 unspecified atom stereocenters. The Morgan fingerprint density at radius 3 is 0.830 bits per heavy atom. The third kappa shape index (κ3) is 21.4. The Bertz CT molecular complexity index is 1250. The first-order valence-electron chi connectivity index (χ1n) is 15.8. The van der Waals surface area contributed by atoms with Crippen LogP contribution in [0.4, 0.5) is 0 Å². The highest BCUT2D eigenvalue weighted by Gasteiger charge is 2.41. The number of ether oxygens (including phenoxy) is 7. The second-order valence-corrected chi connectivity index (χ2v) is 12.2. The fourth-order valence-electron chi connectivity index (χ4n) is 3.55. The molecule has 0 aliphatic rings. The molecule has 0 amide bonds. The predicted octanol–water partition coefficient (Wildman–Crippen LogP) is 1.56. The summed E-state index contributed by atoms with van der Waals surface area (Å²) in [6.45, 7) is 9.13. The first-order valence-corrected chi connectivity index (χ1v) is 15.8. The van der Waals surface area contributed by atoms with Gasteiger partial charge in [0.05, 0.1) is 62.6 Å². The van der Waals surface area contributed by atoms with Crippen molar-refractivity contribution in [1.82, 2.24) is 0 Å². The summed E-state index contributed by atoms with van der Waals surface area (Å²) in [6, 6.07) is 0. The largest absolute Gasteiger partial charge is 0.481 e. The van der Waals surface area contributed by atoms with Gasteiger partial charge in [-0.2, -0.15) is 0 Å². The van der Waals surface area contributed by atoms with Gasteiger partial charge in [-0.05, 0) is 20.8 Å². The Kier molecular flexibility index (Phi) is 21.3. The van der Waals surface area contributed by atoms with Crippen LogP contribution in [-0.4, -0.2) is 122 Å². The van der Waals surface area contributed by atoms with Crippen molar-refractivity contribution in [2.45, 2.75) is 59.3 Å². The zero-order chi connectivity index (χ0) is 40.8. The van der Waals surface area contributed by atoms with Crippen LogP contribution < -0.4 is 0 Å². The van der Waals surface area contributed by atoms with Crippen molar-refractivity contribution < 1.29 is 91.6 Å². The fraction of sp³-hybridized carbons (Fsp3) is 0.559. The maximum atomic E-state index is 12.4. The average Bonchev–Trinajstić information content (AvgIpc) is 3.08. The minimum absolute atomic E-state index is 0.0177. The molecular weight excluding hydrogens is 712 g/mol. The van der Waals surface area contributed by atoms with Crippen molar-refractivity contribution in [2.24, 2.45) is 10.8 Å². The maximum Gasteiger partial charge on any atom is 0.333 e. The number of carboxylic acid groups (broad SMARTS) is 3. The molecule has 3 N–H and O–H groups in total. The molecule has 19 heteroatoms. The molecule has 296 valence electrons. The summed E-state index contributed by atoms with van der Waals surface area (Å²) in [4.78, 5) is 107. The number of rotatable bonds is 28. The molecule has 0 spiro atoms. The van der Waals surface area contributed by atoms with Crippen LogP contribution in [0.2, 0.25) is 0 Å². The number of esters is 6. The lowest BCUT2D eigenvalue weighted by molar-refractivity contribution is -0.175. The lowest BCUT2D eigenvalue weighted by Gasteiger charge is -2.35. The Labute approximate surface area is 304 Å². The molecule has 0 aromatic carbocycles. The molecule has 53 heavy (non-hydrogen) atoms. The standard InChI is InChI=1S/C34H46O19/c1-21(2)30(44)51-18-34(19-52-31(45)22(3)4,20-53-32(46)23(5)6)14-47-13-33(15-48-27(41)10-7-24(35)36,16-49-28(42)11-8-25(37)38)17-50-29(43)12-9-26(39)40/h1,3,5,7-20H2,2,4,6H3,(H,35,36)(H,37,38)(H,39,40). The van der Waals surface area contributed by atoms with Crippen LogP contribution >= 0.6 is 0 Å². The minimum Gasteiger partial charge on any atom is -0.481 e. The van der Waals surface area contributed by atoms with Crippen molar-refractivity contribution in [3.63, 3.8) is 0 Å². The van der Waals surface area contributed by atoms with Crippen LogP contribution in [0.15, 0.2) is 36.5 Å². The van der Waals surface area contributed by atoms with Gasteiger partial charge >= 0.3 is 53.7 Å². The van der Waals surface area contributed by atoms with Gasteiger partial charge in [0, 0.05) is 16.7 Å². The first-order chi connectivity index (χ1) is 24.6. The van der Waals surface area contributed by atoms with E-state index in [2.05, 4.69) is 19.7 Å². The molecule has 0 saturated heterocycles. The van der Waals surface area contributed by atoms with E-state index in [0.29, 0.717) is 0 Å². The highest BCUT2D eigenvalue weighted by Crippen LogP contribution is 2.27. The molecule has 0 aliphatic carbocycles. The van der Waals surface area contributed by atoms with Gasteiger partial charge in [0.2, 0.25) is 0 Å². The molecule has 0 fully saturated rings. The average molecular weight is 759 g/mol. The van der Waals surface area contributed by atoms with Gasteiger partial charge in [-0.1, -0.05) is 19.7 Å². The van der Waals surface area contributed by atoms with E-state index in [-0.39, 0.29) is 16.7 Å². The molecular formula is C34H46O19. The summed E-state index contributed by atoms with van der Waals surface area (Å²) in [6.07, 6.45) is -3.64. The van der Waals surface area contributed by atoms with Gasteiger partial charge in [0.1, 0.15) is 39.6 Å². The fourth-order valence-corrected chi connectivity index (χ4v) is 3.55. The monoisotopic (exact) mass is 758 g/mol. The molecule has 0 rings (SSSR count). The number of hydrogen-bond donors (Lipinski definition) is 3. The summed E-state index contributed by atoms with van der Waals surface area (Å²) in [5, 5.41) is 26.8. The molecule has 19 nitrogen and oxygen atoms in total. The SMILES string of the molecule is C=C(C)C(=O)OCC(COCC(COC(=O)CCC(=O)O)(COC(=O)CCC(=O)O)COC(=O)CCC(=O)O)(COC(=O)C(=C)C)COC(=O)C(=C)C. The lowest BCUT2D eigenvalue weighted by Crippen LogP contribution is -2.47. The van der Waals surface area contributed by atoms with E-state index in [1.54, 1.807) is 0 Å². The number of hydrogen-bond acceptors (Lipinski definition) is 16. The van der Waals surface area contributed by atoms with Crippen LogP contribution in [0.1, 0.15) is 59.3 Å². The number of carbonyl (C=O) groups is 9. The molecule has 0 aromatic heterocycles. The number of carbonyl (C=O) groups excluding carboxylic acids is 6. The third-order valence-corrected chi connectivity index (χ3v) is 6.64. The number of aliphatic carboxylic acids is 3. The Hall–Kier alpha value is -5.59. The van der Waals surface area contributed by atoms with Gasteiger partial charge in [-0.25, -0.2) is 14.4 Å². The zero-order valence-corrected chi connectivity index (χ0v) is 29.9. The van der Waals surface area contributed by atoms with E-state index in [1.807, 2.05) is 0 Å². The van der Waals surface area contributed by atoms with E-state index >= 15 is 0 Å². The Morgan fingerprint density at radius 1 is 0.396 bits per heavy atom. The molecule has 0 saturated carbocycles.